The van der Waals surface area contributed by atoms with Gasteiger partial charge < -0.3 is 14.8 Å². The van der Waals surface area contributed by atoms with Crippen molar-refractivity contribution < 1.29 is 19.1 Å². The number of fused-ring (bicyclic) bond motifs is 2. The number of aryl methyl sites for hydroxylation is 1. The van der Waals surface area contributed by atoms with E-state index in [0.29, 0.717) is 11.4 Å². The van der Waals surface area contributed by atoms with Gasteiger partial charge in [0.1, 0.15) is 12.4 Å². The van der Waals surface area contributed by atoms with Crippen molar-refractivity contribution in [1.29, 1.82) is 0 Å². The summed E-state index contributed by atoms with van der Waals surface area (Å²) < 4.78 is 10.9. The molecule has 0 fully saturated rings. The quantitative estimate of drug-likeness (QED) is 0.797. The Morgan fingerprint density at radius 2 is 2.04 bits per heavy atom. The first kappa shape index (κ1) is 18.8. The van der Waals surface area contributed by atoms with Gasteiger partial charge >= 0.3 is 5.97 Å². The predicted molar refractivity (Wildman–Crippen MR) is 105 cm³/mol. The van der Waals surface area contributed by atoms with Gasteiger partial charge in [0.15, 0.2) is 6.61 Å². The smallest absolute Gasteiger partial charge is 0.313 e. The summed E-state index contributed by atoms with van der Waals surface area (Å²) in [5.74, 6) is -0.406. The summed E-state index contributed by atoms with van der Waals surface area (Å²) >= 11 is 6.01. The standard InChI is InChI=1S/C22H22ClNO4/c23-17-8-9-20-15(11-17)10-16(12-27-20)22(26)28-13-21(25)24-19-7-3-5-14-4-1-2-6-18(14)19/h1-2,4,6,8-9,11,16,19H,3,5,7,10,12-13H2,(H,24,25)/t16-,19-/m1/s1. The topological polar surface area (TPSA) is 64.6 Å². The zero-order valence-corrected chi connectivity index (χ0v) is 16.2. The SMILES string of the molecule is O=C(COC(=O)[C@H]1COc2ccc(Cl)cc2C1)N[C@@H]1CCCc2ccccc21. The predicted octanol–water partition coefficient (Wildman–Crippen LogP) is 3.63. The van der Waals surface area contributed by atoms with Crippen LogP contribution in [0.4, 0.5) is 0 Å². The van der Waals surface area contributed by atoms with E-state index in [-0.39, 0.29) is 25.2 Å². The van der Waals surface area contributed by atoms with E-state index in [0.717, 1.165) is 36.1 Å². The van der Waals surface area contributed by atoms with E-state index < -0.39 is 11.9 Å². The molecule has 2 aliphatic rings. The number of halogens is 1. The third kappa shape index (κ3) is 4.14. The Hall–Kier alpha value is -2.53. The van der Waals surface area contributed by atoms with Crippen LogP contribution in [0.3, 0.4) is 0 Å². The van der Waals surface area contributed by atoms with Crippen LogP contribution < -0.4 is 10.1 Å². The maximum Gasteiger partial charge on any atom is 0.313 e. The maximum atomic E-state index is 12.4. The van der Waals surface area contributed by atoms with E-state index in [1.165, 1.54) is 5.56 Å². The molecule has 2 atom stereocenters. The molecule has 0 unspecified atom stereocenters. The Kier molecular flexibility index (Phi) is 5.53. The molecule has 0 bridgehead atoms. The molecular formula is C22H22ClNO4. The van der Waals surface area contributed by atoms with Gasteiger partial charge in [-0.05, 0) is 60.6 Å². The number of rotatable bonds is 4. The van der Waals surface area contributed by atoms with Crippen LogP contribution in [0.15, 0.2) is 42.5 Å². The monoisotopic (exact) mass is 399 g/mol. The van der Waals surface area contributed by atoms with Crippen molar-refractivity contribution in [3.63, 3.8) is 0 Å². The average Bonchev–Trinajstić information content (AvgIpc) is 2.71. The van der Waals surface area contributed by atoms with Crippen LogP contribution in [0.5, 0.6) is 5.75 Å². The molecule has 1 aliphatic carbocycles. The zero-order chi connectivity index (χ0) is 19.5. The number of esters is 1. The van der Waals surface area contributed by atoms with E-state index in [4.69, 9.17) is 21.1 Å². The average molecular weight is 400 g/mol. The largest absolute Gasteiger partial charge is 0.492 e. The van der Waals surface area contributed by atoms with Crippen LogP contribution in [0.25, 0.3) is 0 Å². The van der Waals surface area contributed by atoms with E-state index >= 15 is 0 Å². The molecule has 6 heteroatoms. The van der Waals surface area contributed by atoms with E-state index in [9.17, 15) is 9.59 Å². The summed E-state index contributed by atoms with van der Waals surface area (Å²) in [4.78, 5) is 24.7. The number of benzene rings is 2. The lowest BCUT2D eigenvalue weighted by Gasteiger charge is -2.26. The van der Waals surface area contributed by atoms with Gasteiger partial charge in [0.2, 0.25) is 0 Å². The van der Waals surface area contributed by atoms with Crippen LogP contribution in [0.2, 0.25) is 5.02 Å². The highest BCUT2D eigenvalue weighted by molar-refractivity contribution is 6.30. The molecule has 146 valence electrons. The minimum absolute atomic E-state index is 0.0248. The number of nitrogens with one attached hydrogen (secondary N) is 1. The molecule has 2 aromatic carbocycles. The van der Waals surface area contributed by atoms with Crippen molar-refractivity contribution >= 4 is 23.5 Å². The Balaban J connectivity index is 1.30. The Bertz CT molecular complexity index is 898. The van der Waals surface area contributed by atoms with Gasteiger partial charge in [-0.3, -0.25) is 9.59 Å². The maximum absolute atomic E-state index is 12.4. The molecule has 1 amide bonds. The Labute approximate surface area is 169 Å². The molecule has 0 aromatic heterocycles. The van der Waals surface area contributed by atoms with E-state index in [1.807, 2.05) is 18.2 Å². The summed E-state index contributed by atoms with van der Waals surface area (Å²) in [6, 6.07) is 13.5. The molecule has 2 aromatic rings. The number of carbonyl (C=O) groups is 2. The second-order valence-corrected chi connectivity index (χ2v) is 7.72. The summed E-state index contributed by atoms with van der Waals surface area (Å²) in [6.45, 7) is -0.0402. The van der Waals surface area contributed by atoms with E-state index in [1.54, 1.807) is 18.2 Å². The van der Waals surface area contributed by atoms with Crippen LogP contribution in [0, 0.1) is 5.92 Å². The molecule has 1 aliphatic heterocycles. The second kappa shape index (κ2) is 8.23. The Morgan fingerprint density at radius 3 is 2.93 bits per heavy atom. The number of amides is 1. The number of hydrogen-bond donors (Lipinski definition) is 1. The van der Waals surface area contributed by atoms with Crippen LogP contribution in [-0.4, -0.2) is 25.1 Å². The van der Waals surface area contributed by atoms with Crippen molar-refractivity contribution in [2.24, 2.45) is 5.92 Å². The second-order valence-electron chi connectivity index (χ2n) is 7.28. The highest BCUT2D eigenvalue weighted by Gasteiger charge is 2.28. The summed E-state index contributed by atoms with van der Waals surface area (Å²) in [7, 11) is 0. The molecule has 1 N–H and O–H groups in total. The van der Waals surface area contributed by atoms with Gasteiger partial charge in [-0.1, -0.05) is 35.9 Å². The molecule has 28 heavy (non-hydrogen) atoms. The number of hydrogen-bond acceptors (Lipinski definition) is 4. The first-order valence-corrected chi connectivity index (χ1v) is 9.93. The fraction of sp³-hybridized carbons (Fsp3) is 0.364. The number of ether oxygens (including phenoxy) is 2. The van der Waals surface area contributed by atoms with Crippen molar-refractivity contribution in [3.8, 4) is 5.75 Å². The molecular weight excluding hydrogens is 378 g/mol. The fourth-order valence-corrected chi connectivity index (χ4v) is 4.10. The lowest BCUT2D eigenvalue weighted by Crippen LogP contribution is -2.36. The Morgan fingerprint density at radius 1 is 1.18 bits per heavy atom. The van der Waals surface area contributed by atoms with Gasteiger partial charge in [0.05, 0.1) is 12.0 Å². The summed E-state index contributed by atoms with van der Waals surface area (Å²) in [6.07, 6.45) is 3.45. The normalized spacial score (nSPS) is 20.3. The molecule has 0 radical (unpaired) electrons. The van der Waals surface area contributed by atoms with Crippen molar-refractivity contribution in [2.45, 2.75) is 31.7 Å². The first-order chi connectivity index (χ1) is 13.6. The van der Waals surface area contributed by atoms with Gasteiger partial charge in [-0.15, -0.1) is 0 Å². The number of carbonyl (C=O) groups excluding carboxylic acids is 2. The highest BCUT2D eigenvalue weighted by Crippen LogP contribution is 2.31. The van der Waals surface area contributed by atoms with Crippen molar-refractivity contribution in [2.75, 3.05) is 13.2 Å². The van der Waals surface area contributed by atoms with Crippen molar-refractivity contribution in [1.82, 2.24) is 5.32 Å². The lowest BCUT2D eigenvalue weighted by molar-refractivity contribution is -0.154. The summed E-state index contributed by atoms with van der Waals surface area (Å²) in [5.41, 5.74) is 3.30. The minimum atomic E-state index is -0.436. The van der Waals surface area contributed by atoms with Gasteiger partial charge in [0, 0.05) is 5.02 Å². The zero-order valence-electron chi connectivity index (χ0n) is 15.4. The third-order valence-corrected chi connectivity index (χ3v) is 5.55. The molecule has 4 rings (SSSR count). The first-order valence-electron chi connectivity index (χ1n) is 9.55. The fourth-order valence-electron chi connectivity index (χ4n) is 3.91. The molecule has 1 heterocycles. The molecule has 0 saturated carbocycles. The van der Waals surface area contributed by atoms with Crippen LogP contribution in [0.1, 0.15) is 35.6 Å². The van der Waals surface area contributed by atoms with Gasteiger partial charge in [0.25, 0.3) is 5.91 Å². The lowest BCUT2D eigenvalue weighted by atomic mass is 9.88. The van der Waals surface area contributed by atoms with Crippen LogP contribution in [-0.2, 0) is 27.2 Å². The van der Waals surface area contributed by atoms with Crippen molar-refractivity contribution in [3.05, 3.63) is 64.2 Å². The van der Waals surface area contributed by atoms with Crippen LogP contribution >= 0.6 is 11.6 Å². The summed E-state index contributed by atoms with van der Waals surface area (Å²) in [5, 5.41) is 3.59. The van der Waals surface area contributed by atoms with E-state index in [2.05, 4.69) is 11.4 Å². The minimum Gasteiger partial charge on any atom is -0.492 e. The molecule has 5 nitrogen and oxygen atoms in total. The van der Waals surface area contributed by atoms with Gasteiger partial charge in [-0.2, -0.15) is 0 Å². The molecule has 0 spiro atoms. The van der Waals surface area contributed by atoms with Gasteiger partial charge in [-0.25, -0.2) is 0 Å². The molecule has 0 saturated heterocycles. The highest BCUT2D eigenvalue weighted by atomic mass is 35.5. The third-order valence-electron chi connectivity index (χ3n) is 5.31.